The van der Waals surface area contributed by atoms with Crippen LogP contribution in [0.3, 0.4) is 0 Å². The summed E-state index contributed by atoms with van der Waals surface area (Å²) >= 11 is 1.55. The van der Waals surface area contributed by atoms with Gasteiger partial charge in [0.25, 0.3) is 0 Å². The smallest absolute Gasteiger partial charge is 0.181 e. The van der Waals surface area contributed by atoms with Crippen LogP contribution in [0.15, 0.2) is 18.2 Å². The first-order chi connectivity index (χ1) is 6.16. The van der Waals surface area contributed by atoms with Gasteiger partial charge in [-0.25, -0.2) is 4.98 Å². The van der Waals surface area contributed by atoms with Gasteiger partial charge in [-0.3, -0.25) is 0 Å². The van der Waals surface area contributed by atoms with E-state index in [0.29, 0.717) is 11.0 Å². The lowest BCUT2D eigenvalue weighted by Gasteiger charge is -2.03. The van der Waals surface area contributed by atoms with E-state index in [0.717, 1.165) is 5.52 Å². The SMILES string of the molecule is CC(C)c1ccc2nc(N)sc2c1. The number of benzene rings is 1. The Bertz CT molecular complexity index is 431. The lowest BCUT2D eigenvalue weighted by Crippen LogP contribution is -1.85. The molecule has 2 rings (SSSR count). The van der Waals surface area contributed by atoms with Gasteiger partial charge in [0.05, 0.1) is 10.2 Å². The molecule has 2 nitrogen and oxygen atoms in total. The fourth-order valence-corrected chi connectivity index (χ4v) is 2.10. The highest BCUT2D eigenvalue weighted by Crippen LogP contribution is 2.27. The van der Waals surface area contributed by atoms with E-state index in [1.807, 2.05) is 6.07 Å². The van der Waals surface area contributed by atoms with Gasteiger partial charge < -0.3 is 5.73 Å². The minimum atomic E-state index is 0.563. The molecular weight excluding hydrogens is 180 g/mol. The Morgan fingerprint density at radius 1 is 1.38 bits per heavy atom. The molecule has 3 heteroatoms. The van der Waals surface area contributed by atoms with Crippen LogP contribution in [0.1, 0.15) is 25.3 Å². The average Bonchev–Trinajstić information content (AvgIpc) is 2.42. The monoisotopic (exact) mass is 192 g/mol. The van der Waals surface area contributed by atoms with Crippen LogP contribution in [0.5, 0.6) is 0 Å². The Balaban J connectivity index is 2.61. The van der Waals surface area contributed by atoms with Gasteiger partial charge in [0.2, 0.25) is 0 Å². The number of aromatic nitrogens is 1. The van der Waals surface area contributed by atoms with Gasteiger partial charge in [-0.2, -0.15) is 0 Å². The van der Waals surface area contributed by atoms with Crippen LogP contribution < -0.4 is 5.73 Å². The molecule has 68 valence electrons. The van der Waals surface area contributed by atoms with Gasteiger partial charge in [-0.05, 0) is 23.6 Å². The highest BCUT2D eigenvalue weighted by molar-refractivity contribution is 7.22. The topological polar surface area (TPSA) is 38.9 Å². The molecule has 0 atom stereocenters. The van der Waals surface area contributed by atoms with Gasteiger partial charge in [0.15, 0.2) is 5.13 Å². The third-order valence-corrected chi connectivity index (χ3v) is 2.94. The summed E-state index contributed by atoms with van der Waals surface area (Å²) in [5.41, 5.74) is 7.97. The van der Waals surface area contributed by atoms with Crippen molar-refractivity contribution in [3.05, 3.63) is 23.8 Å². The number of hydrogen-bond acceptors (Lipinski definition) is 3. The Morgan fingerprint density at radius 2 is 2.15 bits per heavy atom. The van der Waals surface area contributed by atoms with E-state index in [-0.39, 0.29) is 0 Å². The Kier molecular flexibility index (Phi) is 1.96. The molecular formula is C10H12N2S. The van der Waals surface area contributed by atoms with Crippen LogP contribution in [0.4, 0.5) is 5.13 Å². The second-order valence-electron chi connectivity index (χ2n) is 3.43. The number of hydrogen-bond donors (Lipinski definition) is 1. The number of nitrogen functional groups attached to an aromatic ring is 1. The van der Waals surface area contributed by atoms with E-state index in [1.165, 1.54) is 10.3 Å². The summed E-state index contributed by atoms with van der Waals surface area (Å²) in [5, 5.41) is 0.649. The molecule has 0 amide bonds. The van der Waals surface area contributed by atoms with Crippen molar-refractivity contribution in [1.82, 2.24) is 4.98 Å². The minimum absolute atomic E-state index is 0.563. The highest BCUT2D eigenvalue weighted by atomic mass is 32.1. The molecule has 0 saturated carbocycles. The number of fused-ring (bicyclic) bond motifs is 1. The van der Waals surface area contributed by atoms with Crippen LogP contribution >= 0.6 is 11.3 Å². The molecule has 0 unspecified atom stereocenters. The van der Waals surface area contributed by atoms with Crippen molar-refractivity contribution in [2.45, 2.75) is 19.8 Å². The van der Waals surface area contributed by atoms with Gasteiger partial charge in [-0.1, -0.05) is 31.3 Å². The molecule has 2 aromatic rings. The van der Waals surface area contributed by atoms with E-state index in [9.17, 15) is 0 Å². The highest BCUT2D eigenvalue weighted by Gasteiger charge is 2.03. The number of anilines is 1. The van der Waals surface area contributed by atoms with Crippen molar-refractivity contribution in [2.24, 2.45) is 0 Å². The molecule has 2 N–H and O–H groups in total. The van der Waals surface area contributed by atoms with E-state index < -0.39 is 0 Å². The molecule has 0 aliphatic carbocycles. The second-order valence-corrected chi connectivity index (χ2v) is 4.50. The molecule has 0 aliphatic heterocycles. The summed E-state index contributed by atoms with van der Waals surface area (Å²) in [6, 6.07) is 6.33. The molecule has 1 aromatic carbocycles. The zero-order valence-electron chi connectivity index (χ0n) is 7.74. The molecule has 0 saturated heterocycles. The third-order valence-electron chi connectivity index (χ3n) is 2.10. The quantitative estimate of drug-likeness (QED) is 0.754. The van der Waals surface area contributed by atoms with Crippen LogP contribution in [-0.4, -0.2) is 4.98 Å². The van der Waals surface area contributed by atoms with Crippen molar-refractivity contribution >= 4 is 26.7 Å². The standard InChI is InChI=1S/C10H12N2S/c1-6(2)7-3-4-8-9(5-7)13-10(11)12-8/h3-6H,1-2H3,(H2,11,12). The molecule has 0 spiro atoms. The maximum Gasteiger partial charge on any atom is 0.181 e. The van der Waals surface area contributed by atoms with E-state index in [4.69, 9.17) is 5.73 Å². The maximum atomic E-state index is 5.62. The Labute approximate surface area is 81.4 Å². The third kappa shape index (κ3) is 1.52. The molecule has 0 fully saturated rings. The van der Waals surface area contributed by atoms with Crippen LogP contribution in [-0.2, 0) is 0 Å². The normalized spacial score (nSPS) is 11.3. The van der Waals surface area contributed by atoms with Gasteiger partial charge >= 0.3 is 0 Å². The molecule has 1 heterocycles. The van der Waals surface area contributed by atoms with E-state index in [1.54, 1.807) is 11.3 Å². The zero-order chi connectivity index (χ0) is 9.42. The average molecular weight is 192 g/mol. The number of thiazole rings is 1. The summed E-state index contributed by atoms with van der Waals surface area (Å²) in [6.45, 7) is 4.37. The lowest BCUT2D eigenvalue weighted by atomic mass is 10.0. The van der Waals surface area contributed by atoms with Gasteiger partial charge in [0, 0.05) is 0 Å². The predicted octanol–water partition coefficient (Wildman–Crippen LogP) is 3.00. The predicted molar refractivity (Wildman–Crippen MR) is 58.1 cm³/mol. The lowest BCUT2D eigenvalue weighted by molar-refractivity contribution is 0.869. The van der Waals surface area contributed by atoms with E-state index in [2.05, 4.69) is 31.0 Å². The minimum Gasteiger partial charge on any atom is -0.375 e. The van der Waals surface area contributed by atoms with Gasteiger partial charge in [-0.15, -0.1) is 0 Å². The molecule has 13 heavy (non-hydrogen) atoms. The van der Waals surface area contributed by atoms with E-state index >= 15 is 0 Å². The first-order valence-corrected chi connectivity index (χ1v) is 5.14. The number of nitrogens with zero attached hydrogens (tertiary/aromatic N) is 1. The molecule has 0 aliphatic rings. The number of rotatable bonds is 1. The zero-order valence-corrected chi connectivity index (χ0v) is 8.56. The van der Waals surface area contributed by atoms with Crippen molar-refractivity contribution in [1.29, 1.82) is 0 Å². The summed E-state index contributed by atoms with van der Waals surface area (Å²) in [4.78, 5) is 4.21. The van der Waals surface area contributed by atoms with Crippen molar-refractivity contribution < 1.29 is 0 Å². The summed E-state index contributed by atoms with van der Waals surface area (Å²) in [6.07, 6.45) is 0. The fourth-order valence-electron chi connectivity index (χ4n) is 1.32. The van der Waals surface area contributed by atoms with Gasteiger partial charge in [0.1, 0.15) is 0 Å². The molecule has 0 radical (unpaired) electrons. The number of nitrogens with two attached hydrogens (primary N) is 1. The first-order valence-electron chi connectivity index (χ1n) is 4.33. The largest absolute Gasteiger partial charge is 0.375 e. The summed E-state index contributed by atoms with van der Waals surface area (Å²) in [5.74, 6) is 0.563. The first kappa shape index (κ1) is 8.51. The van der Waals surface area contributed by atoms with Crippen LogP contribution in [0.25, 0.3) is 10.2 Å². The molecule has 1 aromatic heterocycles. The fraction of sp³-hybridized carbons (Fsp3) is 0.300. The van der Waals surface area contributed by atoms with Crippen LogP contribution in [0, 0.1) is 0 Å². The maximum absolute atomic E-state index is 5.62. The summed E-state index contributed by atoms with van der Waals surface area (Å²) in [7, 11) is 0. The second kappa shape index (κ2) is 3.00. The summed E-state index contributed by atoms with van der Waals surface area (Å²) < 4.78 is 1.18. The van der Waals surface area contributed by atoms with Crippen molar-refractivity contribution in [3.63, 3.8) is 0 Å². The van der Waals surface area contributed by atoms with Crippen molar-refractivity contribution in [2.75, 3.05) is 5.73 Å². The van der Waals surface area contributed by atoms with Crippen LogP contribution in [0.2, 0.25) is 0 Å². The van der Waals surface area contributed by atoms with Crippen molar-refractivity contribution in [3.8, 4) is 0 Å². The Morgan fingerprint density at radius 3 is 2.85 bits per heavy atom. The molecule has 0 bridgehead atoms. The Hall–Kier alpha value is -1.09.